The van der Waals surface area contributed by atoms with Gasteiger partial charge in [-0.3, -0.25) is 9.36 Å². The summed E-state index contributed by atoms with van der Waals surface area (Å²) in [4.78, 5) is 14.3. The topological polar surface area (TPSA) is 51.0 Å². The number of amides is 1. The minimum atomic E-state index is 0.269. The third-order valence-electron chi connectivity index (χ3n) is 3.92. The zero-order valence-corrected chi connectivity index (χ0v) is 16.3. The molecule has 2 rings (SSSR count). The third kappa shape index (κ3) is 5.59. The van der Waals surface area contributed by atoms with E-state index in [1.54, 1.807) is 11.8 Å². The van der Waals surface area contributed by atoms with Gasteiger partial charge in [0.2, 0.25) is 5.91 Å². The summed E-state index contributed by atoms with van der Waals surface area (Å²) >= 11 is 1.66. The highest BCUT2D eigenvalue weighted by Gasteiger charge is 2.13. The zero-order valence-electron chi connectivity index (χ0n) is 15.4. The molecule has 1 aromatic heterocycles. The molecule has 0 bridgehead atoms. The summed E-state index contributed by atoms with van der Waals surface area (Å²) in [6.07, 6.45) is 3.49. The molecule has 0 saturated heterocycles. The van der Waals surface area contributed by atoms with E-state index in [2.05, 4.69) is 40.7 Å². The summed E-state index contributed by atoms with van der Waals surface area (Å²) < 4.78 is 2.06. The van der Waals surface area contributed by atoms with Crippen LogP contribution in [0.1, 0.15) is 45.4 Å². The number of benzene rings is 1. The predicted octanol–water partition coefficient (Wildman–Crippen LogP) is 4.10. The number of aromatic nitrogens is 3. The predicted molar refractivity (Wildman–Crippen MR) is 103 cm³/mol. The first kappa shape index (κ1) is 19.5. The molecule has 1 heterocycles. The number of hydrogen-bond donors (Lipinski definition) is 0. The Hall–Kier alpha value is -1.82. The number of para-hydroxylation sites is 1. The second-order valence-electron chi connectivity index (χ2n) is 6.03. The smallest absolute Gasteiger partial charge is 0.222 e. The van der Waals surface area contributed by atoms with Crippen molar-refractivity contribution in [1.29, 1.82) is 0 Å². The molecule has 0 spiro atoms. The number of hydrogen-bond acceptors (Lipinski definition) is 4. The lowest BCUT2D eigenvalue weighted by Gasteiger charge is -2.21. The van der Waals surface area contributed by atoms with Crippen molar-refractivity contribution in [2.45, 2.75) is 51.6 Å². The fourth-order valence-electron chi connectivity index (χ4n) is 2.76. The van der Waals surface area contributed by atoms with Crippen LogP contribution in [0.15, 0.2) is 35.5 Å². The molecule has 1 aromatic carbocycles. The Balaban J connectivity index is 1.88. The van der Waals surface area contributed by atoms with Crippen LogP contribution in [0.25, 0.3) is 5.69 Å². The molecule has 0 saturated carbocycles. The van der Waals surface area contributed by atoms with Gasteiger partial charge in [0, 0.05) is 31.0 Å². The van der Waals surface area contributed by atoms with Gasteiger partial charge in [-0.05, 0) is 38.3 Å². The first-order chi connectivity index (χ1) is 12.2. The summed E-state index contributed by atoms with van der Waals surface area (Å²) in [5, 5.41) is 9.37. The fourth-order valence-corrected chi connectivity index (χ4v) is 3.69. The molecule has 0 aliphatic rings. The highest BCUT2D eigenvalue weighted by molar-refractivity contribution is 7.99. The molecule has 0 fully saturated rings. The second-order valence-corrected chi connectivity index (χ2v) is 7.10. The van der Waals surface area contributed by atoms with E-state index < -0.39 is 0 Å². The minimum absolute atomic E-state index is 0.269. The van der Waals surface area contributed by atoms with Crippen molar-refractivity contribution in [3.63, 3.8) is 0 Å². The Morgan fingerprint density at radius 1 is 1.12 bits per heavy atom. The van der Waals surface area contributed by atoms with Gasteiger partial charge in [-0.15, -0.1) is 10.2 Å². The summed E-state index contributed by atoms with van der Waals surface area (Å²) in [5.41, 5.74) is 1.07. The Kier molecular flexibility index (Phi) is 7.98. The van der Waals surface area contributed by atoms with E-state index >= 15 is 0 Å². The normalized spacial score (nSPS) is 10.8. The maximum Gasteiger partial charge on any atom is 0.222 e. The van der Waals surface area contributed by atoms with E-state index in [0.29, 0.717) is 6.42 Å². The van der Waals surface area contributed by atoms with Crippen molar-refractivity contribution in [3.8, 4) is 5.69 Å². The van der Waals surface area contributed by atoms with Crippen molar-refractivity contribution in [2.75, 3.05) is 18.8 Å². The number of carbonyl (C=O) groups excluding carboxylic acids is 1. The van der Waals surface area contributed by atoms with Gasteiger partial charge >= 0.3 is 0 Å². The molecular weight excluding hydrogens is 332 g/mol. The molecule has 136 valence electrons. The molecular formula is C19H28N4OS. The molecule has 0 N–H and O–H groups in total. The Labute approximate surface area is 154 Å². The van der Waals surface area contributed by atoms with Crippen LogP contribution in [0.2, 0.25) is 0 Å². The lowest BCUT2D eigenvalue weighted by Crippen LogP contribution is -2.32. The average Bonchev–Trinajstić information content (AvgIpc) is 2.99. The Morgan fingerprint density at radius 2 is 1.80 bits per heavy atom. The van der Waals surface area contributed by atoms with Crippen molar-refractivity contribution >= 4 is 17.7 Å². The third-order valence-corrected chi connectivity index (χ3v) is 4.93. The largest absolute Gasteiger partial charge is 0.343 e. The van der Waals surface area contributed by atoms with Crippen molar-refractivity contribution in [2.24, 2.45) is 0 Å². The maximum absolute atomic E-state index is 12.3. The monoisotopic (exact) mass is 360 g/mol. The van der Waals surface area contributed by atoms with Crippen molar-refractivity contribution < 1.29 is 4.79 Å². The first-order valence-corrected chi connectivity index (χ1v) is 10.0. The van der Waals surface area contributed by atoms with Gasteiger partial charge in [0.25, 0.3) is 0 Å². The number of carbonyl (C=O) groups is 1. The van der Waals surface area contributed by atoms with Crippen LogP contribution in [-0.4, -0.2) is 44.4 Å². The minimum Gasteiger partial charge on any atom is -0.343 e. The Morgan fingerprint density at radius 3 is 2.44 bits per heavy atom. The van der Waals surface area contributed by atoms with Gasteiger partial charge < -0.3 is 4.90 Å². The van der Waals surface area contributed by atoms with E-state index in [1.807, 2.05) is 30.0 Å². The number of aryl methyl sites for hydroxylation is 1. The van der Waals surface area contributed by atoms with Gasteiger partial charge in [0.1, 0.15) is 5.82 Å². The highest BCUT2D eigenvalue weighted by Crippen LogP contribution is 2.22. The van der Waals surface area contributed by atoms with E-state index in [4.69, 9.17) is 0 Å². The van der Waals surface area contributed by atoms with Crippen molar-refractivity contribution in [1.82, 2.24) is 19.7 Å². The molecule has 0 aliphatic heterocycles. The van der Waals surface area contributed by atoms with Crippen LogP contribution in [0.5, 0.6) is 0 Å². The first-order valence-electron chi connectivity index (χ1n) is 9.05. The van der Waals surface area contributed by atoms with Crippen molar-refractivity contribution in [3.05, 3.63) is 36.2 Å². The zero-order chi connectivity index (χ0) is 18.1. The summed E-state index contributed by atoms with van der Waals surface area (Å²) in [6.45, 7) is 7.92. The maximum atomic E-state index is 12.3. The SMILES string of the molecule is CCCN(CCC)C(=O)CCCSc1nnc(C)n1-c1ccccc1. The molecule has 0 aliphatic carbocycles. The standard InChI is InChI=1S/C19H28N4OS/c1-4-13-22(14-5-2)18(24)12-9-15-25-19-21-20-16(3)23(19)17-10-7-6-8-11-17/h6-8,10-11H,4-5,9,12-15H2,1-3H3. The summed E-state index contributed by atoms with van der Waals surface area (Å²) in [7, 11) is 0. The van der Waals surface area contributed by atoms with Gasteiger partial charge in [-0.1, -0.05) is 43.8 Å². The van der Waals surface area contributed by atoms with Gasteiger partial charge in [-0.2, -0.15) is 0 Å². The van der Waals surface area contributed by atoms with Crippen LogP contribution in [0.3, 0.4) is 0 Å². The van der Waals surface area contributed by atoms with E-state index in [0.717, 1.165) is 54.8 Å². The molecule has 1 amide bonds. The molecule has 0 unspecified atom stereocenters. The highest BCUT2D eigenvalue weighted by atomic mass is 32.2. The quantitative estimate of drug-likeness (QED) is 0.473. The number of rotatable bonds is 10. The molecule has 0 atom stereocenters. The second kappa shape index (κ2) is 10.2. The molecule has 2 aromatic rings. The van der Waals surface area contributed by atoms with Gasteiger partial charge in [-0.25, -0.2) is 0 Å². The van der Waals surface area contributed by atoms with E-state index in [-0.39, 0.29) is 5.91 Å². The molecule has 5 nitrogen and oxygen atoms in total. The van der Waals surface area contributed by atoms with Crippen LogP contribution in [0.4, 0.5) is 0 Å². The lowest BCUT2D eigenvalue weighted by atomic mass is 10.2. The van der Waals surface area contributed by atoms with Crippen LogP contribution >= 0.6 is 11.8 Å². The van der Waals surface area contributed by atoms with E-state index in [1.165, 1.54) is 0 Å². The molecule has 0 radical (unpaired) electrons. The average molecular weight is 361 g/mol. The van der Waals surface area contributed by atoms with Crippen LogP contribution in [0, 0.1) is 6.92 Å². The Bertz CT molecular complexity index is 651. The lowest BCUT2D eigenvalue weighted by molar-refractivity contribution is -0.131. The fraction of sp³-hybridized carbons (Fsp3) is 0.526. The van der Waals surface area contributed by atoms with Crippen LogP contribution < -0.4 is 0 Å². The van der Waals surface area contributed by atoms with E-state index in [9.17, 15) is 4.79 Å². The van der Waals surface area contributed by atoms with Crippen LogP contribution in [-0.2, 0) is 4.79 Å². The van der Waals surface area contributed by atoms with Gasteiger partial charge in [0.15, 0.2) is 5.16 Å². The van der Waals surface area contributed by atoms with Gasteiger partial charge in [0.05, 0.1) is 0 Å². The summed E-state index contributed by atoms with van der Waals surface area (Å²) in [5.74, 6) is 2.01. The molecule has 6 heteroatoms. The number of thioether (sulfide) groups is 1. The number of nitrogens with zero attached hydrogens (tertiary/aromatic N) is 4. The molecule has 25 heavy (non-hydrogen) atoms. The summed E-state index contributed by atoms with van der Waals surface area (Å²) in [6, 6.07) is 10.1.